The largest absolute Gasteiger partial charge is 0.506 e. The Morgan fingerprint density at radius 3 is 2.57 bits per heavy atom. The van der Waals surface area contributed by atoms with Gasteiger partial charge in [0.2, 0.25) is 0 Å². The van der Waals surface area contributed by atoms with E-state index in [1.165, 1.54) is 4.90 Å². The zero-order chi connectivity index (χ0) is 16.6. The number of hydrogen-bond acceptors (Lipinski definition) is 6. The van der Waals surface area contributed by atoms with Crippen LogP contribution in [0.25, 0.3) is 0 Å². The van der Waals surface area contributed by atoms with Crippen molar-refractivity contribution >= 4 is 51.7 Å². The van der Waals surface area contributed by atoms with Crippen LogP contribution in [0.4, 0.5) is 5.69 Å². The standard InChI is InChI=1S/C16H16N2O2S3/c1-3-17-10-7-5-6-8-12(10)22-13(17)9-11(19)14-15(20)18(4-2)16(21)23-14/h5-9,19H,3-4H2,1-2H3. The number of carbonyl (C=O) groups excluding carboxylic acids is 1. The maximum absolute atomic E-state index is 12.3. The molecular weight excluding hydrogens is 348 g/mol. The number of likely N-dealkylation sites (N-methyl/N-ethyl adjacent to an activating group) is 1. The van der Waals surface area contributed by atoms with Crippen LogP contribution in [0.5, 0.6) is 0 Å². The summed E-state index contributed by atoms with van der Waals surface area (Å²) in [5.74, 6) is -0.243. The van der Waals surface area contributed by atoms with Crippen molar-refractivity contribution in [1.29, 1.82) is 0 Å². The number of amides is 1. The molecule has 1 aromatic carbocycles. The molecule has 0 aliphatic carbocycles. The average Bonchev–Trinajstić information content (AvgIpc) is 3.03. The number of benzene rings is 1. The molecule has 3 rings (SSSR count). The molecule has 7 heteroatoms. The van der Waals surface area contributed by atoms with Gasteiger partial charge in [0.05, 0.1) is 10.7 Å². The third-order valence-electron chi connectivity index (χ3n) is 3.61. The van der Waals surface area contributed by atoms with Gasteiger partial charge in [0, 0.05) is 24.1 Å². The van der Waals surface area contributed by atoms with Gasteiger partial charge < -0.3 is 10.0 Å². The van der Waals surface area contributed by atoms with Crippen LogP contribution in [0.15, 0.2) is 50.9 Å². The highest BCUT2D eigenvalue weighted by molar-refractivity contribution is 8.26. The smallest absolute Gasteiger partial charge is 0.269 e. The van der Waals surface area contributed by atoms with Crippen molar-refractivity contribution in [1.82, 2.24) is 4.90 Å². The number of thioether (sulfide) groups is 2. The SMILES string of the molecule is CCN1C(=O)C(=C(O)C=C2Sc3ccccc3N2CC)SC1=S. The lowest BCUT2D eigenvalue weighted by atomic mass is 10.3. The Kier molecular flexibility index (Phi) is 4.70. The van der Waals surface area contributed by atoms with Gasteiger partial charge in [0.25, 0.3) is 5.91 Å². The first kappa shape index (κ1) is 16.4. The molecule has 2 heterocycles. The molecule has 0 aromatic heterocycles. The summed E-state index contributed by atoms with van der Waals surface area (Å²) in [6.45, 7) is 5.23. The van der Waals surface area contributed by atoms with Gasteiger partial charge in [-0.3, -0.25) is 9.69 Å². The van der Waals surface area contributed by atoms with Crippen LogP contribution in [-0.2, 0) is 4.79 Å². The molecule has 1 amide bonds. The van der Waals surface area contributed by atoms with Crippen LogP contribution in [0.2, 0.25) is 0 Å². The Labute approximate surface area is 149 Å². The molecule has 1 saturated heterocycles. The van der Waals surface area contributed by atoms with Gasteiger partial charge in [-0.05, 0) is 26.0 Å². The van der Waals surface area contributed by atoms with Gasteiger partial charge in [-0.2, -0.15) is 0 Å². The Morgan fingerprint density at radius 1 is 1.22 bits per heavy atom. The predicted octanol–water partition coefficient (Wildman–Crippen LogP) is 4.11. The van der Waals surface area contributed by atoms with Crippen LogP contribution in [0.1, 0.15) is 13.8 Å². The van der Waals surface area contributed by atoms with Gasteiger partial charge in [-0.1, -0.05) is 47.9 Å². The van der Waals surface area contributed by atoms with Crippen molar-refractivity contribution in [2.75, 3.05) is 18.0 Å². The summed E-state index contributed by atoms with van der Waals surface area (Å²) in [5.41, 5.74) is 1.13. The number of allylic oxidation sites excluding steroid dienone is 1. The number of nitrogens with zero attached hydrogens (tertiary/aromatic N) is 2. The van der Waals surface area contributed by atoms with Gasteiger partial charge in [0.15, 0.2) is 0 Å². The minimum absolute atomic E-state index is 0.0212. The van der Waals surface area contributed by atoms with E-state index in [4.69, 9.17) is 12.2 Å². The molecule has 0 unspecified atom stereocenters. The molecule has 4 nitrogen and oxygen atoms in total. The Bertz CT molecular complexity index is 743. The lowest BCUT2D eigenvalue weighted by molar-refractivity contribution is -0.122. The normalized spacial score (nSPS) is 21.4. The number of aliphatic hydroxyl groups is 1. The Hall–Kier alpha value is -1.44. The van der Waals surface area contributed by atoms with E-state index in [2.05, 4.69) is 24.0 Å². The summed E-state index contributed by atoms with van der Waals surface area (Å²) in [6.07, 6.45) is 1.66. The van der Waals surface area contributed by atoms with Crippen LogP contribution < -0.4 is 4.90 Å². The van der Waals surface area contributed by atoms with E-state index in [-0.39, 0.29) is 11.7 Å². The lowest BCUT2D eigenvalue weighted by Gasteiger charge is -2.17. The summed E-state index contributed by atoms with van der Waals surface area (Å²) in [5, 5.41) is 11.3. The fourth-order valence-electron chi connectivity index (χ4n) is 2.50. The van der Waals surface area contributed by atoms with E-state index < -0.39 is 0 Å². The summed E-state index contributed by atoms with van der Waals surface area (Å²) in [7, 11) is 0. The van der Waals surface area contributed by atoms with Crippen LogP contribution in [-0.4, -0.2) is 33.3 Å². The highest BCUT2D eigenvalue weighted by atomic mass is 32.2. The zero-order valence-corrected chi connectivity index (χ0v) is 15.2. The Balaban J connectivity index is 1.95. The molecule has 0 bridgehead atoms. The van der Waals surface area contributed by atoms with Gasteiger partial charge in [-0.15, -0.1) is 0 Å². The first-order chi connectivity index (χ1) is 11.1. The number of fused-ring (bicyclic) bond motifs is 1. The van der Waals surface area contributed by atoms with Crippen molar-refractivity contribution in [3.05, 3.63) is 46.0 Å². The first-order valence-corrected chi connectivity index (χ1v) is 9.34. The number of carbonyl (C=O) groups is 1. The van der Waals surface area contributed by atoms with Crippen molar-refractivity contribution in [3.8, 4) is 0 Å². The van der Waals surface area contributed by atoms with E-state index in [0.29, 0.717) is 15.8 Å². The van der Waals surface area contributed by atoms with Gasteiger partial charge in [-0.25, -0.2) is 0 Å². The van der Waals surface area contributed by atoms with Crippen molar-refractivity contribution in [2.24, 2.45) is 0 Å². The summed E-state index contributed by atoms with van der Waals surface area (Å²) in [4.78, 5) is 17.4. The molecule has 1 aromatic rings. The minimum atomic E-state index is -0.222. The third-order valence-corrected chi connectivity index (χ3v) is 6.18. The molecule has 120 valence electrons. The molecule has 1 fully saturated rings. The molecule has 1 N–H and O–H groups in total. The second-order valence-corrected chi connectivity index (χ2v) is 7.63. The first-order valence-electron chi connectivity index (χ1n) is 7.29. The van der Waals surface area contributed by atoms with E-state index >= 15 is 0 Å². The van der Waals surface area contributed by atoms with Crippen molar-refractivity contribution < 1.29 is 9.90 Å². The second-order valence-electron chi connectivity index (χ2n) is 4.93. The fraction of sp³-hybridized carbons (Fsp3) is 0.250. The fourth-order valence-corrected chi connectivity index (χ4v) is 4.98. The monoisotopic (exact) mass is 364 g/mol. The van der Waals surface area contributed by atoms with Gasteiger partial charge in [0.1, 0.15) is 15.0 Å². The van der Waals surface area contributed by atoms with Gasteiger partial charge >= 0.3 is 0 Å². The number of anilines is 1. The van der Waals surface area contributed by atoms with E-state index in [1.54, 1.807) is 17.8 Å². The van der Waals surface area contributed by atoms with Crippen LogP contribution >= 0.6 is 35.7 Å². The molecule has 0 saturated carbocycles. The number of hydrogen-bond donors (Lipinski definition) is 1. The molecular formula is C16H16N2O2S3. The maximum Gasteiger partial charge on any atom is 0.269 e. The topological polar surface area (TPSA) is 43.8 Å². The summed E-state index contributed by atoms with van der Waals surface area (Å²) >= 11 is 7.93. The third kappa shape index (κ3) is 2.88. The molecule has 0 radical (unpaired) electrons. The minimum Gasteiger partial charge on any atom is -0.506 e. The maximum atomic E-state index is 12.3. The molecule has 0 atom stereocenters. The zero-order valence-electron chi connectivity index (χ0n) is 12.8. The quantitative estimate of drug-likeness (QED) is 0.495. The lowest BCUT2D eigenvalue weighted by Crippen LogP contribution is -2.27. The molecule has 23 heavy (non-hydrogen) atoms. The number of thiocarbonyl (C=S) groups is 1. The Morgan fingerprint density at radius 2 is 1.91 bits per heavy atom. The highest BCUT2D eigenvalue weighted by Gasteiger charge is 2.34. The molecule has 0 spiro atoms. The van der Waals surface area contributed by atoms with Crippen LogP contribution in [0, 0.1) is 0 Å². The number of para-hydroxylation sites is 1. The number of rotatable bonds is 3. The molecule has 2 aliphatic rings. The van der Waals surface area contributed by atoms with E-state index in [0.717, 1.165) is 33.9 Å². The summed E-state index contributed by atoms with van der Waals surface area (Å²) in [6, 6.07) is 8.10. The average molecular weight is 365 g/mol. The predicted molar refractivity (Wildman–Crippen MR) is 101 cm³/mol. The van der Waals surface area contributed by atoms with E-state index in [1.807, 2.05) is 19.1 Å². The van der Waals surface area contributed by atoms with Crippen LogP contribution in [0.3, 0.4) is 0 Å². The number of aliphatic hydroxyl groups excluding tert-OH is 1. The second kappa shape index (κ2) is 6.59. The van der Waals surface area contributed by atoms with Crippen molar-refractivity contribution in [3.63, 3.8) is 0 Å². The summed E-state index contributed by atoms with van der Waals surface area (Å²) < 4.78 is 0.493. The van der Waals surface area contributed by atoms with E-state index in [9.17, 15) is 9.90 Å². The van der Waals surface area contributed by atoms with Crippen molar-refractivity contribution in [2.45, 2.75) is 18.7 Å². The highest BCUT2D eigenvalue weighted by Crippen LogP contribution is 2.46. The molecule has 2 aliphatic heterocycles.